The SMILES string of the molecule is C[C@H](O)Cc1cccc2c1OCO2. The predicted octanol–water partition coefficient (Wildman–Crippen LogP) is 1.34. The summed E-state index contributed by atoms with van der Waals surface area (Å²) in [5.74, 6) is 1.56. The maximum Gasteiger partial charge on any atom is 0.231 e. The second kappa shape index (κ2) is 3.26. The molecule has 1 aliphatic rings. The normalized spacial score (nSPS) is 15.8. The molecule has 1 aliphatic heterocycles. The van der Waals surface area contributed by atoms with E-state index in [4.69, 9.17) is 9.47 Å². The van der Waals surface area contributed by atoms with Crippen LogP contribution in [0, 0.1) is 0 Å². The van der Waals surface area contributed by atoms with Crippen LogP contribution in [-0.2, 0) is 6.42 Å². The summed E-state index contributed by atoms with van der Waals surface area (Å²) in [5, 5.41) is 9.24. The van der Waals surface area contributed by atoms with Crippen LogP contribution in [0.3, 0.4) is 0 Å². The molecule has 1 aromatic rings. The fourth-order valence-corrected chi connectivity index (χ4v) is 1.47. The van der Waals surface area contributed by atoms with Crippen molar-refractivity contribution in [2.24, 2.45) is 0 Å². The molecule has 1 heterocycles. The number of aliphatic hydroxyl groups is 1. The van der Waals surface area contributed by atoms with Crippen molar-refractivity contribution in [2.45, 2.75) is 19.4 Å². The summed E-state index contributed by atoms with van der Waals surface area (Å²) in [6.07, 6.45) is 0.252. The van der Waals surface area contributed by atoms with Crippen LogP contribution in [0.1, 0.15) is 12.5 Å². The lowest BCUT2D eigenvalue weighted by Gasteiger charge is -2.06. The summed E-state index contributed by atoms with van der Waals surface area (Å²) in [5.41, 5.74) is 1.00. The maximum absolute atomic E-state index is 9.24. The minimum atomic E-state index is -0.351. The smallest absolute Gasteiger partial charge is 0.231 e. The first-order valence-corrected chi connectivity index (χ1v) is 4.33. The van der Waals surface area contributed by atoms with E-state index in [-0.39, 0.29) is 12.9 Å². The van der Waals surface area contributed by atoms with Crippen molar-refractivity contribution < 1.29 is 14.6 Å². The van der Waals surface area contributed by atoms with Gasteiger partial charge in [-0.25, -0.2) is 0 Å². The molecule has 1 atom stereocenters. The highest BCUT2D eigenvalue weighted by molar-refractivity contribution is 5.48. The third-order valence-corrected chi connectivity index (χ3v) is 1.99. The van der Waals surface area contributed by atoms with Crippen LogP contribution in [0.5, 0.6) is 11.5 Å². The number of hydrogen-bond acceptors (Lipinski definition) is 3. The van der Waals surface area contributed by atoms with Crippen LogP contribution in [0.15, 0.2) is 18.2 Å². The van der Waals surface area contributed by atoms with Crippen LogP contribution in [-0.4, -0.2) is 18.0 Å². The molecule has 0 aliphatic carbocycles. The number of rotatable bonds is 2. The zero-order chi connectivity index (χ0) is 9.26. The van der Waals surface area contributed by atoms with Crippen molar-refractivity contribution in [3.8, 4) is 11.5 Å². The molecule has 70 valence electrons. The highest BCUT2D eigenvalue weighted by atomic mass is 16.7. The van der Waals surface area contributed by atoms with Crippen LogP contribution in [0.4, 0.5) is 0 Å². The van der Waals surface area contributed by atoms with Gasteiger partial charge in [-0.05, 0) is 13.0 Å². The molecule has 2 rings (SSSR count). The lowest BCUT2D eigenvalue weighted by atomic mass is 10.1. The Morgan fingerprint density at radius 2 is 2.31 bits per heavy atom. The molecule has 3 nitrogen and oxygen atoms in total. The van der Waals surface area contributed by atoms with E-state index >= 15 is 0 Å². The van der Waals surface area contributed by atoms with Crippen molar-refractivity contribution >= 4 is 0 Å². The van der Waals surface area contributed by atoms with E-state index in [2.05, 4.69) is 0 Å². The minimum Gasteiger partial charge on any atom is -0.454 e. The molecule has 0 bridgehead atoms. The van der Waals surface area contributed by atoms with Crippen LogP contribution < -0.4 is 9.47 Å². The van der Waals surface area contributed by atoms with Crippen molar-refractivity contribution in [3.63, 3.8) is 0 Å². The van der Waals surface area contributed by atoms with Crippen molar-refractivity contribution in [2.75, 3.05) is 6.79 Å². The molecule has 0 saturated carbocycles. The van der Waals surface area contributed by atoms with Crippen LogP contribution in [0.25, 0.3) is 0 Å². The van der Waals surface area contributed by atoms with Gasteiger partial charge in [-0.2, -0.15) is 0 Å². The highest BCUT2D eigenvalue weighted by Gasteiger charge is 2.17. The third kappa shape index (κ3) is 1.60. The summed E-state index contributed by atoms with van der Waals surface area (Å²) in [7, 11) is 0. The van der Waals surface area contributed by atoms with Gasteiger partial charge in [0.2, 0.25) is 6.79 Å². The van der Waals surface area contributed by atoms with Crippen molar-refractivity contribution in [1.29, 1.82) is 0 Å². The molecule has 3 heteroatoms. The topological polar surface area (TPSA) is 38.7 Å². The van der Waals surface area contributed by atoms with Crippen molar-refractivity contribution in [1.82, 2.24) is 0 Å². The molecule has 0 spiro atoms. The van der Waals surface area contributed by atoms with Gasteiger partial charge in [0, 0.05) is 12.0 Å². The van der Waals surface area contributed by atoms with Gasteiger partial charge in [0.1, 0.15) is 0 Å². The number of hydrogen-bond donors (Lipinski definition) is 1. The Bertz CT molecular complexity index is 307. The van der Waals surface area contributed by atoms with E-state index < -0.39 is 0 Å². The molecule has 0 saturated heterocycles. The Morgan fingerprint density at radius 3 is 3.08 bits per heavy atom. The Labute approximate surface area is 76.9 Å². The maximum atomic E-state index is 9.24. The zero-order valence-corrected chi connectivity index (χ0v) is 7.49. The molecule has 1 aromatic carbocycles. The van der Waals surface area contributed by atoms with E-state index in [9.17, 15) is 5.11 Å². The third-order valence-electron chi connectivity index (χ3n) is 1.99. The Kier molecular flexibility index (Phi) is 2.10. The van der Waals surface area contributed by atoms with Gasteiger partial charge >= 0.3 is 0 Å². The Hall–Kier alpha value is -1.22. The summed E-state index contributed by atoms with van der Waals surface area (Å²) < 4.78 is 10.5. The van der Waals surface area contributed by atoms with Gasteiger partial charge in [-0.15, -0.1) is 0 Å². The number of ether oxygens (including phenoxy) is 2. The first-order chi connectivity index (χ1) is 6.27. The summed E-state index contributed by atoms with van der Waals surface area (Å²) >= 11 is 0. The van der Waals surface area contributed by atoms with Gasteiger partial charge in [0.15, 0.2) is 11.5 Å². The molecular weight excluding hydrogens is 168 g/mol. The first kappa shape index (κ1) is 8.38. The van der Waals surface area contributed by atoms with Gasteiger partial charge in [-0.1, -0.05) is 12.1 Å². The molecular formula is C10H12O3. The number of aliphatic hydroxyl groups excluding tert-OH is 1. The zero-order valence-electron chi connectivity index (χ0n) is 7.49. The molecule has 0 amide bonds. The number of fused-ring (bicyclic) bond motifs is 1. The van der Waals surface area contributed by atoms with E-state index in [0.717, 1.165) is 17.1 Å². The largest absolute Gasteiger partial charge is 0.454 e. The number of benzene rings is 1. The first-order valence-electron chi connectivity index (χ1n) is 4.33. The van der Waals surface area contributed by atoms with Crippen LogP contribution >= 0.6 is 0 Å². The van der Waals surface area contributed by atoms with Gasteiger partial charge < -0.3 is 14.6 Å². The second-order valence-corrected chi connectivity index (χ2v) is 3.20. The number of para-hydroxylation sites is 1. The molecule has 0 radical (unpaired) electrons. The fraction of sp³-hybridized carbons (Fsp3) is 0.400. The van der Waals surface area contributed by atoms with Gasteiger partial charge in [0.25, 0.3) is 0 Å². The quantitative estimate of drug-likeness (QED) is 0.746. The standard InChI is InChI=1S/C10H12O3/c1-7(11)5-8-3-2-4-9-10(8)13-6-12-9/h2-4,7,11H,5-6H2,1H3/t7-/m0/s1. The lowest BCUT2D eigenvalue weighted by molar-refractivity contribution is 0.170. The molecule has 0 aromatic heterocycles. The summed E-state index contributed by atoms with van der Waals surface area (Å²) in [4.78, 5) is 0. The molecule has 13 heavy (non-hydrogen) atoms. The Balaban J connectivity index is 2.30. The van der Waals surface area contributed by atoms with Gasteiger partial charge in [0.05, 0.1) is 6.10 Å². The Morgan fingerprint density at radius 1 is 1.46 bits per heavy atom. The van der Waals surface area contributed by atoms with E-state index in [1.807, 2.05) is 18.2 Å². The minimum absolute atomic E-state index is 0.284. The van der Waals surface area contributed by atoms with E-state index in [1.165, 1.54) is 0 Å². The monoisotopic (exact) mass is 180 g/mol. The molecule has 1 N–H and O–H groups in total. The molecule has 0 unspecified atom stereocenters. The molecule has 0 fully saturated rings. The summed E-state index contributed by atoms with van der Waals surface area (Å²) in [6, 6.07) is 5.72. The average molecular weight is 180 g/mol. The van der Waals surface area contributed by atoms with Gasteiger partial charge in [-0.3, -0.25) is 0 Å². The predicted molar refractivity (Wildman–Crippen MR) is 47.9 cm³/mol. The van der Waals surface area contributed by atoms with E-state index in [0.29, 0.717) is 6.42 Å². The van der Waals surface area contributed by atoms with Crippen LogP contribution in [0.2, 0.25) is 0 Å². The highest BCUT2D eigenvalue weighted by Crippen LogP contribution is 2.35. The van der Waals surface area contributed by atoms with Crippen molar-refractivity contribution in [3.05, 3.63) is 23.8 Å². The second-order valence-electron chi connectivity index (χ2n) is 3.20. The fourth-order valence-electron chi connectivity index (χ4n) is 1.47. The lowest BCUT2D eigenvalue weighted by Crippen LogP contribution is -2.05. The summed E-state index contributed by atoms with van der Waals surface area (Å²) in [6.45, 7) is 2.04. The van der Waals surface area contributed by atoms with E-state index in [1.54, 1.807) is 6.92 Å². The average Bonchev–Trinajstić information content (AvgIpc) is 2.51.